The molecule has 0 unspecified atom stereocenters. The first-order chi connectivity index (χ1) is 31.0. The van der Waals surface area contributed by atoms with Gasteiger partial charge in [0.2, 0.25) is 0 Å². The van der Waals surface area contributed by atoms with Crippen molar-refractivity contribution in [1.82, 2.24) is 0 Å². The second-order valence-electron chi connectivity index (χ2n) is 18.3. The molecule has 0 spiro atoms. The molecule has 0 fully saturated rings. The van der Waals surface area contributed by atoms with Crippen LogP contribution in [-0.2, 0) is 5.41 Å². The number of hydrogen-bond donors (Lipinski definition) is 0. The van der Waals surface area contributed by atoms with Crippen LogP contribution in [0.15, 0.2) is 206 Å². The van der Waals surface area contributed by atoms with Gasteiger partial charge in [-0.3, -0.25) is 0 Å². The Kier molecular flexibility index (Phi) is 6.99. The van der Waals surface area contributed by atoms with Crippen molar-refractivity contribution in [3.63, 3.8) is 0 Å². The SMILES string of the molecule is CC1(C)c2cc3c4ccccc4c4ccccc4c3cc2-c2cc3c4ccccc4c4cc(-c5c6ccccc6c(-c6ccc7ccccc7c6)c6ccccc56)ccc4c3cc21. The van der Waals surface area contributed by atoms with Crippen LogP contribution < -0.4 is 0 Å². The van der Waals surface area contributed by atoms with Gasteiger partial charge in [-0.2, -0.15) is 0 Å². The van der Waals surface area contributed by atoms with Gasteiger partial charge in [-0.05, 0) is 178 Å². The van der Waals surface area contributed by atoms with E-state index in [0.717, 1.165) is 0 Å². The summed E-state index contributed by atoms with van der Waals surface area (Å²) < 4.78 is 0. The van der Waals surface area contributed by atoms with E-state index in [1.165, 1.54) is 141 Å². The van der Waals surface area contributed by atoms with E-state index in [0.29, 0.717) is 0 Å². The summed E-state index contributed by atoms with van der Waals surface area (Å²) in [7, 11) is 0. The molecule has 13 aromatic rings. The van der Waals surface area contributed by atoms with Gasteiger partial charge in [0.1, 0.15) is 0 Å². The normalized spacial score (nSPS) is 13.4. The third kappa shape index (κ3) is 4.76. The Morgan fingerprint density at radius 2 is 0.556 bits per heavy atom. The smallest absolute Gasteiger partial charge is 0.0159 e. The molecule has 0 saturated heterocycles. The highest BCUT2D eigenvalue weighted by Crippen LogP contribution is 2.54. The van der Waals surface area contributed by atoms with E-state index in [-0.39, 0.29) is 5.41 Å². The van der Waals surface area contributed by atoms with Gasteiger partial charge in [0.15, 0.2) is 0 Å². The predicted molar refractivity (Wildman–Crippen MR) is 272 cm³/mol. The zero-order chi connectivity index (χ0) is 41.6. The lowest BCUT2D eigenvalue weighted by Crippen LogP contribution is -2.15. The summed E-state index contributed by atoms with van der Waals surface area (Å²) in [6.45, 7) is 4.86. The number of hydrogen-bond acceptors (Lipinski definition) is 0. The summed E-state index contributed by atoms with van der Waals surface area (Å²) in [4.78, 5) is 0. The Hall–Kier alpha value is -7.80. The molecule has 0 aromatic heterocycles. The van der Waals surface area contributed by atoms with Crippen molar-refractivity contribution in [2.24, 2.45) is 0 Å². The van der Waals surface area contributed by atoms with Crippen LogP contribution in [0.3, 0.4) is 0 Å². The second-order valence-corrected chi connectivity index (χ2v) is 18.3. The monoisotopic (exact) mass is 796 g/mol. The topological polar surface area (TPSA) is 0 Å². The summed E-state index contributed by atoms with van der Waals surface area (Å²) >= 11 is 0. The zero-order valence-corrected chi connectivity index (χ0v) is 35.1. The van der Waals surface area contributed by atoms with Crippen LogP contribution in [-0.4, -0.2) is 0 Å². The Bertz CT molecular complexity index is 4110. The molecule has 0 heterocycles. The highest BCUT2D eigenvalue weighted by molar-refractivity contribution is 6.29. The Labute approximate surface area is 365 Å². The number of fused-ring (bicyclic) bond motifs is 18. The van der Waals surface area contributed by atoms with Crippen molar-refractivity contribution < 1.29 is 0 Å². The van der Waals surface area contributed by atoms with Crippen molar-refractivity contribution in [3.05, 3.63) is 217 Å². The van der Waals surface area contributed by atoms with E-state index in [9.17, 15) is 0 Å². The Morgan fingerprint density at radius 1 is 0.238 bits per heavy atom. The van der Waals surface area contributed by atoms with Crippen LogP contribution >= 0.6 is 0 Å². The third-order valence-electron chi connectivity index (χ3n) is 14.8. The molecule has 0 saturated carbocycles. The molecule has 0 N–H and O–H groups in total. The lowest BCUT2D eigenvalue weighted by atomic mass is 9.80. The molecule has 1 aliphatic carbocycles. The maximum Gasteiger partial charge on any atom is 0.0159 e. The van der Waals surface area contributed by atoms with Gasteiger partial charge in [-0.25, -0.2) is 0 Å². The van der Waals surface area contributed by atoms with Gasteiger partial charge in [0.05, 0.1) is 0 Å². The Morgan fingerprint density at radius 3 is 1.02 bits per heavy atom. The largest absolute Gasteiger partial charge is 0.0616 e. The van der Waals surface area contributed by atoms with E-state index in [1.54, 1.807) is 0 Å². The van der Waals surface area contributed by atoms with E-state index in [1.807, 2.05) is 0 Å². The van der Waals surface area contributed by atoms with Crippen LogP contribution in [0.1, 0.15) is 25.0 Å². The van der Waals surface area contributed by atoms with Crippen LogP contribution in [0, 0.1) is 0 Å². The van der Waals surface area contributed by atoms with E-state index in [4.69, 9.17) is 0 Å². The van der Waals surface area contributed by atoms with Gasteiger partial charge >= 0.3 is 0 Å². The standard InChI is InChI=1S/C63H40/c1-63(2)59-35-55-44-20-8-6-18-42(44)41-17-5-7-19-43(41)53(55)33-57(59)58-34-54-46-22-10-9-21-45(46)52-32-40(29-30-47(52)56(54)36-60(58)63)62-50-25-13-11-23-48(50)61(49-24-12-14-26-51(49)62)39-28-27-37-15-3-4-16-38(37)31-39/h3-36H,1-2H3. The maximum absolute atomic E-state index is 2.54. The third-order valence-corrected chi connectivity index (χ3v) is 14.8. The van der Waals surface area contributed by atoms with Gasteiger partial charge in [0.25, 0.3) is 0 Å². The minimum absolute atomic E-state index is 0.178. The summed E-state index contributed by atoms with van der Waals surface area (Å²) in [6, 6.07) is 78.0. The highest BCUT2D eigenvalue weighted by atomic mass is 14.4. The molecule has 0 heteroatoms. The average Bonchev–Trinajstić information content (AvgIpc) is 3.55. The second kappa shape index (κ2) is 12.6. The molecule has 0 atom stereocenters. The van der Waals surface area contributed by atoms with Gasteiger partial charge < -0.3 is 0 Å². The molecule has 63 heavy (non-hydrogen) atoms. The first kappa shape index (κ1) is 34.9. The fraction of sp³-hybridized carbons (Fsp3) is 0.0476. The Balaban J connectivity index is 1.02. The molecule has 0 aliphatic heterocycles. The lowest BCUT2D eigenvalue weighted by molar-refractivity contribution is 0.662. The van der Waals surface area contributed by atoms with E-state index < -0.39 is 0 Å². The molecule has 292 valence electrons. The summed E-state index contributed by atoms with van der Waals surface area (Å²) in [5.41, 5.74) is 10.4. The molecule has 0 bridgehead atoms. The number of rotatable bonds is 2. The van der Waals surface area contributed by atoms with Crippen LogP contribution in [0.25, 0.3) is 130 Å². The molecule has 13 aromatic carbocycles. The van der Waals surface area contributed by atoms with Crippen LogP contribution in [0.2, 0.25) is 0 Å². The van der Waals surface area contributed by atoms with Crippen molar-refractivity contribution in [2.75, 3.05) is 0 Å². The molecule has 14 rings (SSSR count). The fourth-order valence-electron chi connectivity index (χ4n) is 11.8. The predicted octanol–water partition coefficient (Wildman–Crippen LogP) is 17.7. The number of benzene rings is 13. The fourth-order valence-corrected chi connectivity index (χ4v) is 11.8. The van der Waals surface area contributed by atoms with Crippen LogP contribution in [0.5, 0.6) is 0 Å². The van der Waals surface area contributed by atoms with Crippen molar-refractivity contribution >= 4 is 97.0 Å². The molecular formula is C63H40. The quantitative estimate of drug-likeness (QED) is 0.121. The average molecular weight is 797 g/mol. The summed E-state index contributed by atoms with van der Waals surface area (Å²) in [5.74, 6) is 0. The van der Waals surface area contributed by atoms with Gasteiger partial charge in [0, 0.05) is 5.41 Å². The summed E-state index contributed by atoms with van der Waals surface area (Å²) in [6.07, 6.45) is 0. The first-order valence-corrected chi connectivity index (χ1v) is 22.2. The first-order valence-electron chi connectivity index (χ1n) is 22.2. The summed E-state index contributed by atoms with van der Waals surface area (Å²) in [5, 5.41) is 23.3. The van der Waals surface area contributed by atoms with Crippen molar-refractivity contribution in [2.45, 2.75) is 19.3 Å². The van der Waals surface area contributed by atoms with E-state index >= 15 is 0 Å². The van der Waals surface area contributed by atoms with Crippen molar-refractivity contribution in [3.8, 4) is 33.4 Å². The van der Waals surface area contributed by atoms with E-state index in [2.05, 4.69) is 220 Å². The van der Waals surface area contributed by atoms with Crippen molar-refractivity contribution in [1.29, 1.82) is 0 Å². The van der Waals surface area contributed by atoms with Gasteiger partial charge in [-0.15, -0.1) is 0 Å². The minimum Gasteiger partial charge on any atom is -0.0616 e. The maximum atomic E-state index is 2.54. The molecule has 0 radical (unpaired) electrons. The molecule has 1 aliphatic rings. The van der Waals surface area contributed by atoms with Crippen LogP contribution in [0.4, 0.5) is 0 Å². The molecule has 0 amide bonds. The minimum atomic E-state index is -0.178. The molecular weight excluding hydrogens is 757 g/mol. The zero-order valence-electron chi connectivity index (χ0n) is 35.1. The van der Waals surface area contributed by atoms with Gasteiger partial charge in [-0.1, -0.05) is 184 Å². The molecule has 0 nitrogen and oxygen atoms in total. The lowest BCUT2D eigenvalue weighted by Gasteiger charge is -2.23. The highest BCUT2D eigenvalue weighted by Gasteiger charge is 2.37.